The van der Waals surface area contributed by atoms with Gasteiger partial charge in [-0.05, 0) is 55.4 Å². The van der Waals surface area contributed by atoms with Gasteiger partial charge in [0.15, 0.2) is 11.5 Å². The zero-order valence-electron chi connectivity index (χ0n) is 14.9. The van der Waals surface area contributed by atoms with Crippen LogP contribution >= 0.6 is 12.2 Å². The molecule has 3 N–H and O–H groups in total. The molecule has 10 heteroatoms. The molecule has 0 bridgehead atoms. The summed E-state index contributed by atoms with van der Waals surface area (Å²) in [5.41, 5.74) is 5.67. The summed E-state index contributed by atoms with van der Waals surface area (Å²) in [4.78, 5) is 10.6. The van der Waals surface area contributed by atoms with Crippen LogP contribution < -0.4 is 20.7 Å². The van der Waals surface area contributed by atoms with Gasteiger partial charge >= 0.3 is 0 Å². The zero-order chi connectivity index (χ0) is 19.8. The molecule has 0 radical (unpaired) electrons. The number of nitrogens with zero attached hydrogens (tertiary/aromatic N) is 3. The quantitative estimate of drug-likeness (QED) is 0.341. The predicted molar refractivity (Wildman–Crippen MR) is 106 cm³/mol. The van der Waals surface area contributed by atoms with Gasteiger partial charge in [0, 0.05) is 23.3 Å². The van der Waals surface area contributed by atoms with Crippen molar-refractivity contribution >= 4 is 28.7 Å². The van der Waals surface area contributed by atoms with E-state index in [0.717, 1.165) is 11.1 Å². The number of hydrogen-bond donors (Lipinski definition) is 2. The minimum atomic E-state index is -0.438. The van der Waals surface area contributed by atoms with E-state index in [1.807, 2.05) is 19.1 Å². The maximum atomic E-state index is 11.0. The summed E-state index contributed by atoms with van der Waals surface area (Å²) >= 11 is 5.31. The lowest BCUT2D eigenvalue weighted by molar-refractivity contribution is -0.384. The van der Waals surface area contributed by atoms with Crippen molar-refractivity contribution in [3.05, 3.63) is 63.2 Å². The Bertz CT molecular complexity index is 992. The van der Waals surface area contributed by atoms with E-state index < -0.39 is 4.92 Å². The van der Waals surface area contributed by atoms with Crippen molar-refractivity contribution in [3.63, 3.8) is 0 Å². The van der Waals surface area contributed by atoms with E-state index in [1.165, 1.54) is 12.1 Å². The van der Waals surface area contributed by atoms with Crippen LogP contribution in [0.5, 0.6) is 11.5 Å². The average molecular weight is 399 g/mol. The summed E-state index contributed by atoms with van der Waals surface area (Å²) in [7, 11) is 0. The molecule has 0 saturated carbocycles. The first-order valence-electron chi connectivity index (χ1n) is 8.54. The Morgan fingerprint density at radius 2 is 2.00 bits per heavy atom. The SMILES string of the molecule is C[C@@H]1Cc2cc3c(cc2C(c2ccc([N+](=O)[O-])cc2)=NN1C(=S)NN)OCO3. The molecule has 0 aromatic heterocycles. The van der Waals surface area contributed by atoms with Crippen molar-refractivity contribution < 1.29 is 14.4 Å². The maximum absolute atomic E-state index is 11.0. The predicted octanol–water partition coefficient (Wildman–Crippen LogP) is 2.07. The zero-order valence-corrected chi connectivity index (χ0v) is 15.7. The number of nitrogens with one attached hydrogen (secondary N) is 1. The van der Waals surface area contributed by atoms with Crippen molar-refractivity contribution in [2.75, 3.05) is 6.79 Å². The number of fused-ring (bicyclic) bond motifs is 2. The van der Waals surface area contributed by atoms with Crippen LogP contribution in [0.2, 0.25) is 0 Å². The van der Waals surface area contributed by atoms with Crippen LogP contribution in [-0.4, -0.2) is 33.6 Å². The number of ether oxygens (including phenoxy) is 2. The molecule has 9 nitrogen and oxygen atoms in total. The van der Waals surface area contributed by atoms with E-state index in [2.05, 4.69) is 5.43 Å². The number of rotatable bonds is 2. The van der Waals surface area contributed by atoms with Gasteiger partial charge < -0.3 is 9.47 Å². The molecule has 2 aromatic rings. The van der Waals surface area contributed by atoms with Crippen molar-refractivity contribution in [3.8, 4) is 11.5 Å². The number of benzene rings is 2. The number of thiocarbonyl (C=S) groups is 1. The van der Waals surface area contributed by atoms with Gasteiger partial charge in [-0.15, -0.1) is 0 Å². The third-order valence-corrected chi connectivity index (χ3v) is 4.98. The van der Waals surface area contributed by atoms with Crippen LogP contribution in [0.3, 0.4) is 0 Å². The Balaban J connectivity index is 1.88. The third-order valence-electron chi connectivity index (χ3n) is 4.68. The molecule has 0 aliphatic carbocycles. The average Bonchev–Trinajstić information content (AvgIpc) is 3.09. The van der Waals surface area contributed by atoms with E-state index in [-0.39, 0.29) is 23.6 Å². The standard InChI is InChI=1S/C18H17N5O4S/c1-10-6-12-7-15-16(27-9-26-15)8-14(12)17(21-22(10)18(28)20-19)11-2-4-13(5-3-11)23(24)25/h2-5,7-8,10H,6,9,19H2,1H3,(H,20,28)/t10-/m1/s1. The second-order valence-electron chi connectivity index (χ2n) is 6.46. The molecule has 2 aromatic carbocycles. The summed E-state index contributed by atoms with van der Waals surface area (Å²) in [6.45, 7) is 2.16. The summed E-state index contributed by atoms with van der Waals surface area (Å²) in [5.74, 6) is 6.84. The molecule has 0 spiro atoms. The second-order valence-corrected chi connectivity index (χ2v) is 6.85. The van der Waals surface area contributed by atoms with Crippen LogP contribution in [0.1, 0.15) is 23.6 Å². The largest absolute Gasteiger partial charge is 0.454 e. The van der Waals surface area contributed by atoms with Gasteiger partial charge in [0.05, 0.1) is 16.7 Å². The summed E-state index contributed by atoms with van der Waals surface area (Å²) < 4.78 is 11.0. The number of non-ortho nitro benzene ring substituents is 1. The minimum absolute atomic E-state index is 0.00764. The fourth-order valence-corrected chi connectivity index (χ4v) is 3.53. The summed E-state index contributed by atoms with van der Waals surface area (Å²) in [5, 5.41) is 17.6. The first kappa shape index (κ1) is 18.1. The summed E-state index contributed by atoms with van der Waals surface area (Å²) in [6.07, 6.45) is 0.647. The second kappa shape index (κ2) is 7.06. The van der Waals surface area contributed by atoms with Crippen LogP contribution in [-0.2, 0) is 6.42 Å². The van der Waals surface area contributed by atoms with Crippen LogP contribution in [0.15, 0.2) is 41.5 Å². The molecule has 144 valence electrons. The van der Waals surface area contributed by atoms with Crippen LogP contribution in [0, 0.1) is 10.1 Å². The lowest BCUT2D eigenvalue weighted by Crippen LogP contribution is -2.45. The molecule has 0 amide bonds. The molecule has 0 fully saturated rings. The smallest absolute Gasteiger partial charge is 0.269 e. The molecule has 28 heavy (non-hydrogen) atoms. The van der Waals surface area contributed by atoms with Crippen LogP contribution in [0.4, 0.5) is 5.69 Å². The molecular weight excluding hydrogens is 382 g/mol. The molecule has 2 aliphatic rings. The van der Waals surface area contributed by atoms with Gasteiger partial charge in [0.25, 0.3) is 5.69 Å². The number of nitrogens with two attached hydrogens (primary N) is 1. The van der Waals surface area contributed by atoms with Crippen molar-refractivity contribution in [1.82, 2.24) is 10.4 Å². The highest BCUT2D eigenvalue weighted by atomic mass is 32.1. The monoisotopic (exact) mass is 399 g/mol. The van der Waals surface area contributed by atoms with E-state index >= 15 is 0 Å². The normalized spacial score (nSPS) is 17.4. The van der Waals surface area contributed by atoms with E-state index in [9.17, 15) is 10.1 Å². The van der Waals surface area contributed by atoms with Crippen molar-refractivity contribution in [2.24, 2.45) is 10.9 Å². The van der Waals surface area contributed by atoms with Gasteiger partial charge in [-0.2, -0.15) is 5.10 Å². The molecular formula is C18H17N5O4S. The topological polar surface area (TPSA) is 115 Å². The van der Waals surface area contributed by atoms with Crippen LogP contribution in [0.25, 0.3) is 0 Å². The number of hydrogen-bond acceptors (Lipinski definition) is 7. The highest BCUT2D eigenvalue weighted by Crippen LogP contribution is 2.37. The first-order valence-corrected chi connectivity index (χ1v) is 8.95. The van der Waals surface area contributed by atoms with E-state index in [1.54, 1.807) is 17.1 Å². The maximum Gasteiger partial charge on any atom is 0.269 e. The Morgan fingerprint density at radius 3 is 2.64 bits per heavy atom. The number of hydrazone groups is 1. The Labute approximate surface area is 165 Å². The minimum Gasteiger partial charge on any atom is -0.454 e. The van der Waals surface area contributed by atoms with Gasteiger partial charge in [-0.3, -0.25) is 15.5 Å². The fourth-order valence-electron chi connectivity index (χ4n) is 3.30. The Hall–Kier alpha value is -3.24. The lowest BCUT2D eigenvalue weighted by Gasteiger charge is -2.24. The first-order chi connectivity index (χ1) is 13.5. The number of nitro groups is 1. The Morgan fingerprint density at radius 1 is 1.32 bits per heavy atom. The Kier molecular flexibility index (Phi) is 4.57. The number of nitro benzene ring substituents is 1. The molecule has 0 unspecified atom stereocenters. The summed E-state index contributed by atoms with van der Waals surface area (Å²) in [6, 6.07) is 9.98. The van der Waals surface area contributed by atoms with Gasteiger partial charge in [0.1, 0.15) is 0 Å². The molecule has 2 heterocycles. The van der Waals surface area contributed by atoms with Gasteiger partial charge in [-0.1, -0.05) is 0 Å². The van der Waals surface area contributed by atoms with Gasteiger partial charge in [-0.25, -0.2) is 10.9 Å². The van der Waals surface area contributed by atoms with Crippen molar-refractivity contribution in [1.29, 1.82) is 0 Å². The highest BCUT2D eigenvalue weighted by Gasteiger charge is 2.28. The van der Waals surface area contributed by atoms with Crippen molar-refractivity contribution in [2.45, 2.75) is 19.4 Å². The molecule has 2 aliphatic heterocycles. The lowest BCUT2D eigenvalue weighted by atomic mass is 9.94. The molecule has 4 rings (SSSR count). The molecule has 1 atom stereocenters. The van der Waals surface area contributed by atoms with E-state index in [0.29, 0.717) is 29.2 Å². The fraction of sp³-hybridized carbons (Fsp3) is 0.222. The highest BCUT2D eigenvalue weighted by molar-refractivity contribution is 7.80. The van der Waals surface area contributed by atoms with Gasteiger partial charge in [0.2, 0.25) is 11.9 Å². The number of hydrazine groups is 1. The third kappa shape index (κ3) is 3.12. The van der Waals surface area contributed by atoms with E-state index in [4.69, 9.17) is 32.6 Å². The molecule has 0 saturated heterocycles.